The lowest BCUT2D eigenvalue weighted by Gasteiger charge is -2.13. The Hall–Kier alpha value is -3.09. The maximum atomic E-state index is 14.3. The summed E-state index contributed by atoms with van der Waals surface area (Å²) < 4.78 is 15.9. The Bertz CT molecular complexity index is 1470. The van der Waals surface area contributed by atoms with Crippen LogP contribution in [0.2, 0.25) is 5.02 Å². The normalized spacial score (nSPS) is 11.5. The Morgan fingerprint density at radius 1 is 1.06 bits per heavy atom. The Balaban J connectivity index is 1.72. The van der Waals surface area contributed by atoms with Gasteiger partial charge in [0.1, 0.15) is 16.9 Å². The molecule has 154 valence electrons. The second kappa shape index (κ2) is 7.87. The van der Waals surface area contributed by atoms with E-state index in [0.717, 1.165) is 16.5 Å². The average molecular weight is 450 g/mol. The van der Waals surface area contributed by atoms with Crippen molar-refractivity contribution in [2.24, 2.45) is 0 Å². The molecule has 3 aromatic carbocycles. The smallest absolute Gasteiger partial charge is 0.283 e. The summed E-state index contributed by atoms with van der Waals surface area (Å²) in [5.41, 5.74) is 3.86. The topological polar surface area (TPSA) is 50.7 Å². The molecule has 4 nitrogen and oxygen atoms in total. The summed E-state index contributed by atoms with van der Waals surface area (Å²) in [4.78, 5) is 21.6. The highest BCUT2D eigenvalue weighted by Crippen LogP contribution is 2.30. The van der Waals surface area contributed by atoms with Gasteiger partial charge in [0.2, 0.25) is 0 Å². The minimum absolute atomic E-state index is 0.202. The number of aryl methyl sites for hydroxylation is 1. The van der Waals surface area contributed by atoms with Crippen LogP contribution in [-0.2, 0) is 5.75 Å². The van der Waals surface area contributed by atoms with E-state index in [1.54, 1.807) is 16.7 Å². The molecular weight excluding hydrogens is 433 g/mol. The summed E-state index contributed by atoms with van der Waals surface area (Å²) in [6.07, 6.45) is 0. The number of para-hydroxylation sites is 1. The van der Waals surface area contributed by atoms with Crippen LogP contribution in [0.15, 0.2) is 76.7 Å². The van der Waals surface area contributed by atoms with Crippen molar-refractivity contribution in [1.29, 1.82) is 0 Å². The van der Waals surface area contributed by atoms with Gasteiger partial charge in [-0.15, -0.1) is 0 Å². The van der Waals surface area contributed by atoms with Gasteiger partial charge >= 0.3 is 0 Å². The standard InChI is InChI=1S/C24H17ClFN3OS/c1-14-9-11-15(12-10-14)29-23(30)22-21(16-5-2-3-8-20(16)27-22)28-24(29)31-13-17-18(25)6-4-7-19(17)26/h2-12,27H,13H2,1H3. The van der Waals surface area contributed by atoms with E-state index in [0.29, 0.717) is 32.5 Å². The van der Waals surface area contributed by atoms with Crippen molar-refractivity contribution >= 4 is 45.3 Å². The molecule has 0 radical (unpaired) electrons. The van der Waals surface area contributed by atoms with Crippen molar-refractivity contribution < 1.29 is 4.39 Å². The molecule has 0 atom stereocenters. The largest absolute Gasteiger partial charge is 0.349 e. The van der Waals surface area contributed by atoms with E-state index < -0.39 is 0 Å². The second-order valence-electron chi connectivity index (χ2n) is 7.25. The van der Waals surface area contributed by atoms with Crippen LogP contribution in [0.1, 0.15) is 11.1 Å². The van der Waals surface area contributed by atoms with Gasteiger partial charge in [0.25, 0.3) is 5.56 Å². The zero-order chi connectivity index (χ0) is 21.5. The number of aromatic amines is 1. The lowest BCUT2D eigenvalue weighted by atomic mass is 10.2. The number of fused-ring (bicyclic) bond motifs is 3. The minimum atomic E-state index is -0.377. The first-order chi connectivity index (χ1) is 15.0. The highest BCUT2D eigenvalue weighted by molar-refractivity contribution is 7.98. The summed E-state index contributed by atoms with van der Waals surface area (Å²) >= 11 is 7.49. The molecule has 0 saturated carbocycles. The van der Waals surface area contributed by atoms with E-state index in [-0.39, 0.29) is 17.1 Å². The number of benzene rings is 3. The van der Waals surface area contributed by atoms with E-state index in [1.165, 1.54) is 17.8 Å². The van der Waals surface area contributed by atoms with E-state index in [1.807, 2.05) is 55.5 Å². The van der Waals surface area contributed by atoms with Crippen molar-refractivity contribution in [3.05, 3.63) is 99.1 Å². The Kier molecular flexibility index (Phi) is 5.04. The van der Waals surface area contributed by atoms with Crippen molar-refractivity contribution in [1.82, 2.24) is 14.5 Å². The lowest BCUT2D eigenvalue weighted by Crippen LogP contribution is -2.21. The maximum absolute atomic E-state index is 14.3. The molecule has 0 fully saturated rings. The number of thioether (sulfide) groups is 1. The molecule has 0 bridgehead atoms. The molecule has 0 unspecified atom stereocenters. The van der Waals surface area contributed by atoms with E-state index in [2.05, 4.69) is 4.98 Å². The first-order valence-electron chi connectivity index (χ1n) is 9.69. The maximum Gasteiger partial charge on any atom is 0.283 e. The fraction of sp³-hybridized carbons (Fsp3) is 0.0833. The number of halogens is 2. The molecule has 2 aromatic heterocycles. The number of nitrogens with zero attached hydrogens (tertiary/aromatic N) is 2. The van der Waals surface area contributed by atoms with Crippen LogP contribution >= 0.6 is 23.4 Å². The minimum Gasteiger partial charge on any atom is -0.349 e. The third-order valence-electron chi connectivity index (χ3n) is 5.19. The molecule has 0 aliphatic carbocycles. The summed E-state index contributed by atoms with van der Waals surface area (Å²) in [5, 5.41) is 1.70. The molecular formula is C24H17ClFN3OS. The molecule has 2 heterocycles. The Morgan fingerprint density at radius 2 is 1.84 bits per heavy atom. The molecule has 0 aliphatic rings. The molecule has 31 heavy (non-hydrogen) atoms. The quantitative estimate of drug-likeness (QED) is 0.260. The zero-order valence-corrected chi connectivity index (χ0v) is 18.1. The van der Waals surface area contributed by atoms with Gasteiger partial charge in [-0.3, -0.25) is 9.36 Å². The Morgan fingerprint density at radius 3 is 2.61 bits per heavy atom. The lowest BCUT2D eigenvalue weighted by molar-refractivity contribution is 0.617. The van der Waals surface area contributed by atoms with Crippen molar-refractivity contribution in [2.75, 3.05) is 0 Å². The molecule has 0 saturated heterocycles. The molecule has 0 spiro atoms. The molecule has 0 aliphatic heterocycles. The molecule has 5 rings (SSSR count). The van der Waals surface area contributed by atoms with E-state index in [9.17, 15) is 9.18 Å². The number of rotatable bonds is 4. The SMILES string of the molecule is Cc1ccc(-n2c(SCc3c(F)cccc3Cl)nc3c([nH]c4ccccc43)c2=O)cc1. The molecule has 7 heteroatoms. The highest BCUT2D eigenvalue weighted by atomic mass is 35.5. The number of H-pyrrole nitrogens is 1. The second-order valence-corrected chi connectivity index (χ2v) is 8.60. The first-order valence-corrected chi connectivity index (χ1v) is 11.1. The van der Waals surface area contributed by atoms with Crippen LogP contribution in [0, 0.1) is 12.7 Å². The van der Waals surface area contributed by atoms with Crippen LogP contribution < -0.4 is 5.56 Å². The van der Waals surface area contributed by atoms with Crippen molar-refractivity contribution in [2.45, 2.75) is 17.8 Å². The fourth-order valence-corrected chi connectivity index (χ4v) is 4.92. The van der Waals surface area contributed by atoms with Gasteiger partial charge in [0.05, 0.1) is 5.69 Å². The number of hydrogen-bond donors (Lipinski definition) is 1. The van der Waals surface area contributed by atoms with Crippen LogP contribution in [-0.4, -0.2) is 14.5 Å². The molecule has 0 amide bonds. The van der Waals surface area contributed by atoms with Crippen molar-refractivity contribution in [3.8, 4) is 5.69 Å². The van der Waals surface area contributed by atoms with Gasteiger partial charge in [-0.1, -0.05) is 65.3 Å². The van der Waals surface area contributed by atoms with E-state index in [4.69, 9.17) is 16.6 Å². The summed E-state index contributed by atoms with van der Waals surface area (Å²) in [5.74, 6) is -0.130. The third kappa shape index (κ3) is 3.52. The first kappa shape index (κ1) is 19.8. The summed E-state index contributed by atoms with van der Waals surface area (Å²) in [6.45, 7) is 1.99. The highest BCUT2D eigenvalue weighted by Gasteiger charge is 2.18. The van der Waals surface area contributed by atoms with E-state index >= 15 is 0 Å². The van der Waals surface area contributed by atoms with Gasteiger partial charge < -0.3 is 4.98 Å². The van der Waals surface area contributed by atoms with Crippen molar-refractivity contribution in [3.63, 3.8) is 0 Å². The van der Waals surface area contributed by atoms with Crippen LogP contribution in [0.3, 0.4) is 0 Å². The van der Waals surface area contributed by atoms with Gasteiger partial charge in [0.15, 0.2) is 5.16 Å². The predicted octanol–water partition coefficient (Wildman–Crippen LogP) is 6.26. The van der Waals surface area contributed by atoms with Gasteiger partial charge in [-0.2, -0.15) is 0 Å². The zero-order valence-electron chi connectivity index (χ0n) is 16.5. The average Bonchev–Trinajstić information content (AvgIpc) is 3.14. The van der Waals surface area contributed by atoms with Gasteiger partial charge in [-0.05, 0) is 37.3 Å². The Labute approximate surface area is 186 Å². The summed E-state index contributed by atoms with van der Waals surface area (Å²) in [7, 11) is 0. The molecule has 5 aromatic rings. The predicted molar refractivity (Wildman–Crippen MR) is 125 cm³/mol. The number of hydrogen-bond acceptors (Lipinski definition) is 3. The van der Waals surface area contributed by atoms with Gasteiger partial charge in [-0.25, -0.2) is 9.37 Å². The fourth-order valence-electron chi connectivity index (χ4n) is 3.57. The third-order valence-corrected chi connectivity index (χ3v) is 6.51. The van der Waals surface area contributed by atoms with Crippen LogP contribution in [0.5, 0.6) is 0 Å². The van der Waals surface area contributed by atoms with Crippen LogP contribution in [0.4, 0.5) is 4.39 Å². The van der Waals surface area contributed by atoms with Crippen LogP contribution in [0.25, 0.3) is 27.6 Å². The van der Waals surface area contributed by atoms with Gasteiger partial charge in [0, 0.05) is 27.2 Å². The monoisotopic (exact) mass is 449 g/mol. The number of nitrogens with one attached hydrogen (secondary N) is 1. The molecule has 1 N–H and O–H groups in total. The number of aromatic nitrogens is 3. The summed E-state index contributed by atoms with van der Waals surface area (Å²) in [6, 6.07) is 19.9.